The Kier molecular flexibility index (Phi) is 2.87. The number of halogens is 1. The van der Waals surface area contributed by atoms with Crippen molar-refractivity contribution in [1.29, 1.82) is 0 Å². The molecule has 2 rings (SSSR count). The van der Waals surface area contributed by atoms with Gasteiger partial charge in [0.1, 0.15) is 0 Å². The zero-order valence-electron chi connectivity index (χ0n) is 8.92. The maximum absolute atomic E-state index is 6.20. The van der Waals surface area contributed by atoms with Crippen LogP contribution in [-0.4, -0.2) is 12.1 Å². The average molecular weight is 226 g/mol. The molecule has 82 valence electrons. The van der Waals surface area contributed by atoms with Crippen LogP contribution < -0.4 is 16.6 Å². The molecule has 0 bridgehead atoms. The number of nitrogen functional groups attached to an aromatic ring is 1. The van der Waals surface area contributed by atoms with Crippen molar-refractivity contribution >= 4 is 17.3 Å². The van der Waals surface area contributed by atoms with Crippen LogP contribution in [0.15, 0.2) is 18.2 Å². The first-order chi connectivity index (χ1) is 7.09. The van der Waals surface area contributed by atoms with Crippen LogP contribution in [0, 0.1) is 0 Å². The van der Waals surface area contributed by atoms with E-state index in [1.54, 1.807) is 0 Å². The highest BCUT2D eigenvalue weighted by molar-refractivity contribution is 6.31. The van der Waals surface area contributed by atoms with E-state index in [-0.39, 0.29) is 0 Å². The predicted molar refractivity (Wildman–Crippen MR) is 63.8 cm³/mol. The molecule has 1 heterocycles. The van der Waals surface area contributed by atoms with Gasteiger partial charge in [0.2, 0.25) is 0 Å². The van der Waals surface area contributed by atoms with Crippen LogP contribution in [0.4, 0.5) is 5.69 Å². The second-order valence-corrected chi connectivity index (χ2v) is 4.58. The van der Waals surface area contributed by atoms with E-state index < -0.39 is 0 Å². The van der Waals surface area contributed by atoms with E-state index in [0.717, 1.165) is 16.3 Å². The van der Waals surface area contributed by atoms with E-state index in [4.69, 9.17) is 17.3 Å². The average Bonchev–Trinajstić information content (AvgIpc) is 2.51. The fourth-order valence-corrected chi connectivity index (χ4v) is 2.48. The van der Waals surface area contributed by atoms with Gasteiger partial charge >= 0.3 is 0 Å². The molecule has 0 amide bonds. The van der Waals surface area contributed by atoms with Gasteiger partial charge in [0.05, 0.1) is 0 Å². The molecular formula is C11H16ClN3. The first kappa shape index (κ1) is 10.7. The summed E-state index contributed by atoms with van der Waals surface area (Å²) in [5.74, 6) is 0.362. The summed E-state index contributed by atoms with van der Waals surface area (Å²) in [6, 6.07) is 6.38. The van der Waals surface area contributed by atoms with Crippen LogP contribution in [0.5, 0.6) is 0 Å². The van der Waals surface area contributed by atoms with E-state index in [1.807, 2.05) is 18.2 Å². The predicted octanol–water partition coefficient (Wildman–Crippen LogP) is 1.89. The van der Waals surface area contributed by atoms with Gasteiger partial charge in [-0.05, 0) is 37.6 Å². The molecule has 1 fully saturated rings. The van der Waals surface area contributed by atoms with Crippen molar-refractivity contribution in [3.8, 4) is 0 Å². The Bertz CT molecular complexity index is 357. The molecule has 1 aromatic carbocycles. The van der Waals surface area contributed by atoms with Crippen molar-refractivity contribution in [2.75, 3.05) is 5.73 Å². The summed E-state index contributed by atoms with van der Waals surface area (Å²) in [5, 5.41) is 0.790. The number of anilines is 1. The molecule has 0 aliphatic carbocycles. The molecule has 1 aliphatic rings. The molecule has 1 saturated heterocycles. The molecule has 4 N–H and O–H groups in total. The summed E-state index contributed by atoms with van der Waals surface area (Å²) in [6.45, 7) is 4.28. The van der Waals surface area contributed by atoms with E-state index in [2.05, 4.69) is 24.7 Å². The molecule has 2 unspecified atom stereocenters. The number of rotatable bonds is 1. The van der Waals surface area contributed by atoms with E-state index in [1.165, 1.54) is 0 Å². The minimum atomic E-state index is 0.360. The third-order valence-corrected chi connectivity index (χ3v) is 3.34. The van der Waals surface area contributed by atoms with Gasteiger partial charge in [-0.3, -0.25) is 10.9 Å². The number of nitrogens with one attached hydrogen (secondary N) is 2. The Morgan fingerprint density at radius 2 is 1.80 bits per heavy atom. The third-order valence-electron chi connectivity index (χ3n) is 3.00. The molecular weight excluding hydrogens is 210 g/mol. The first-order valence-electron chi connectivity index (χ1n) is 5.15. The molecule has 0 aromatic heterocycles. The highest BCUT2D eigenvalue weighted by atomic mass is 35.5. The van der Waals surface area contributed by atoms with E-state index in [0.29, 0.717) is 18.0 Å². The SMILES string of the molecule is CC1NNC(C)C1c1cc(N)ccc1Cl. The zero-order chi connectivity index (χ0) is 11.0. The smallest absolute Gasteiger partial charge is 0.0443 e. The molecule has 15 heavy (non-hydrogen) atoms. The second kappa shape index (κ2) is 4.00. The Morgan fingerprint density at radius 3 is 2.40 bits per heavy atom. The highest BCUT2D eigenvalue weighted by Gasteiger charge is 2.32. The number of nitrogens with two attached hydrogens (primary N) is 1. The quantitative estimate of drug-likeness (QED) is 0.640. The maximum atomic E-state index is 6.20. The molecule has 3 nitrogen and oxygen atoms in total. The summed E-state index contributed by atoms with van der Waals surface area (Å²) in [4.78, 5) is 0. The standard InChI is InChI=1S/C11H16ClN3/c1-6-11(7(2)15-14-6)9-5-8(13)3-4-10(9)12/h3-7,11,14-15H,13H2,1-2H3. The lowest BCUT2D eigenvalue weighted by atomic mass is 9.88. The molecule has 1 aromatic rings. The summed E-state index contributed by atoms with van der Waals surface area (Å²) >= 11 is 6.20. The molecule has 0 spiro atoms. The molecule has 4 heteroatoms. The minimum Gasteiger partial charge on any atom is -0.399 e. The van der Waals surface area contributed by atoms with Crippen molar-refractivity contribution in [1.82, 2.24) is 10.9 Å². The largest absolute Gasteiger partial charge is 0.399 e. The minimum absolute atomic E-state index is 0.360. The summed E-state index contributed by atoms with van der Waals surface area (Å²) < 4.78 is 0. The Morgan fingerprint density at radius 1 is 1.20 bits per heavy atom. The number of hydrazine groups is 1. The van der Waals surface area contributed by atoms with Gasteiger partial charge < -0.3 is 5.73 Å². The second-order valence-electron chi connectivity index (χ2n) is 4.17. The van der Waals surface area contributed by atoms with Crippen LogP contribution in [0.3, 0.4) is 0 Å². The summed E-state index contributed by atoms with van der Waals surface area (Å²) in [6.07, 6.45) is 0. The van der Waals surface area contributed by atoms with Crippen LogP contribution in [0.2, 0.25) is 5.02 Å². The van der Waals surface area contributed by atoms with E-state index >= 15 is 0 Å². The number of hydrogen-bond donors (Lipinski definition) is 3. The topological polar surface area (TPSA) is 50.1 Å². The van der Waals surface area contributed by atoms with Gasteiger partial charge in [0.25, 0.3) is 0 Å². The Labute approximate surface area is 95.0 Å². The zero-order valence-corrected chi connectivity index (χ0v) is 9.68. The van der Waals surface area contributed by atoms with Crippen molar-refractivity contribution in [2.45, 2.75) is 31.8 Å². The van der Waals surface area contributed by atoms with E-state index in [9.17, 15) is 0 Å². The van der Waals surface area contributed by atoms with Crippen molar-refractivity contribution in [3.05, 3.63) is 28.8 Å². The lowest BCUT2D eigenvalue weighted by molar-refractivity contribution is 0.567. The Hall–Kier alpha value is -0.770. The van der Waals surface area contributed by atoms with Crippen molar-refractivity contribution in [2.24, 2.45) is 0 Å². The van der Waals surface area contributed by atoms with Gasteiger partial charge in [-0.2, -0.15) is 0 Å². The van der Waals surface area contributed by atoms with Crippen molar-refractivity contribution in [3.63, 3.8) is 0 Å². The number of hydrogen-bond acceptors (Lipinski definition) is 3. The molecule has 0 saturated carbocycles. The third kappa shape index (κ3) is 1.95. The van der Waals surface area contributed by atoms with Gasteiger partial charge in [-0.1, -0.05) is 11.6 Å². The Balaban J connectivity index is 2.39. The van der Waals surface area contributed by atoms with Gasteiger partial charge in [-0.15, -0.1) is 0 Å². The monoisotopic (exact) mass is 225 g/mol. The summed E-state index contributed by atoms with van der Waals surface area (Å²) in [5.41, 5.74) is 14.1. The molecule has 0 radical (unpaired) electrons. The maximum Gasteiger partial charge on any atom is 0.0443 e. The normalized spacial score (nSPS) is 30.7. The fourth-order valence-electron chi connectivity index (χ4n) is 2.23. The molecule has 2 atom stereocenters. The van der Waals surface area contributed by atoms with Crippen LogP contribution >= 0.6 is 11.6 Å². The first-order valence-corrected chi connectivity index (χ1v) is 5.53. The van der Waals surface area contributed by atoms with Gasteiger partial charge in [0, 0.05) is 28.7 Å². The fraction of sp³-hybridized carbons (Fsp3) is 0.455. The van der Waals surface area contributed by atoms with Gasteiger partial charge in [0.15, 0.2) is 0 Å². The van der Waals surface area contributed by atoms with Crippen LogP contribution in [0.1, 0.15) is 25.3 Å². The van der Waals surface area contributed by atoms with Crippen LogP contribution in [-0.2, 0) is 0 Å². The van der Waals surface area contributed by atoms with Crippen LogP contribution in [0.25, 0.3) is 0 Å². The summed E-state index contributed by atoms with van der Waals surface area (Å²) in [7, 11) is 0. The lowest BCUT2D eigenvalue weighted by Gasteiger charge is -2.20. The number of benzene rings is 1. The molecule has 1 aliphatic heterocycles. The van der Waals surface area contributed by atoms with Crippen molar-refractivity contribution < 1.29 is 0 Å². The van der Waals surface area contributed by atoms with Gasteiger partial charge in [-0.25, -0.2) is 0 Å². The lowest BCUT2D eigenvalue weighted by Crippen LogP contribution is -2.30. The highest BCUT2D eigenvalue weighted by Crippen LogP contribution is 2.33.